The summed E-state index contributed by atoms with van der Waals surface area (Å²) in [6.07, 6.45) is 5.07. The Bertz CT molecular complexity index is 841. The van der Waals surface area contributed by atoms with E-state index >= 15 is 0 Å². The molecule has 0 aliphatic heterocycles. The molecule has 7 heteroatoms. The van der Waals surface area contributed by atoms with Crippen LogP contribution >= 0.6 is 0 Å². The van der Waals surface area contributed by atoms with E-state index in [-0.39, 0.29) is 23.8 Å². The summed E-state index contributed by atoms with van der Waals surface area (Å²) in [7, 11) is 0. The van der Waals surface area contributed by atoms with Crippen molar-refractivity contribution in [3.63, 3.8) is 0 Å². The second-order valence-electron chi connectivity index (χ2n) is 11.0. The number of ether oxygens (including phenoxy) is 1. The summed E-state index contributed by atoms with van der Waals surface area (Å²) in [6, 6.07) is 6.19. The fourth-order valence-corrected chi connectivity index (χ4v) is 4.16. The molecule has 2 atom stereocenters. The van der Waals surface area contributed by atoms with Crippen molar-refractivity contribution in [2.45, 2.75) is 111 Å². The molecular weight excluding hydrogens is 442 g/mol. The fourth-order valence-electron chi connectivity index (χ4n) is 4.16. The Morgan fingerprint density at radius 3 is 2.20 bits per heavy atom. The highest BCUT2D eigenvalue weighted by atomic mass is 16.6. The quantitative estimate of drug-likeness (QED) is 0.416. The highest BCUT2D eigenvalue weighted by Crippen LogP contribution is 2.34. The van der Waals surface area contributed by atoms with Crippen LogP contribution in [0.4, 0.5) is 4.79 Å². The number of aryl methyl sites for hydroxylation is 1. The Morgan fingerprint density at radius 2 is 1.71 bits per heavy atom. The van der Waals surface area contributed by atoms with Crippen molar-refractivity contribution in [2.24, 2.45) is 5.92 Å². The molecule has 0 heterocycles. The molecule has 2 unspecified atom stereocenters. The Kier molecular flexibility index (Phi) is 10.6. The minimum atomic E-state index is -0.800. The molecule has 1 aliphatic carbocycles. The molecule has 196 valence electrons. The van der Waals surface area contributed by atoms with E-state index in [9.17, 15) is 14.4 Å². The van der Waals surface area contributed by atoms with Gasteiger partial charge in [0.15, 0.2) is 0 Å². The maximum Gasteiger partial charge on any atom is 0.408 e. The smallest absolute Gasteiger partial charge is 0.408 e. The molecule has 2 rings (SSSR count). The second kappa shape index (κ2) is 12.9. The first-order valence-corrected chi connectivity index (χ1v) is 13.1. The maximum absolute atomic E-state index is 14.1. The topological polar surface area (TPSA) is 87.7 Å². The molecule has 0 spiro atoms. The lowest BCUT2D eigenvalue weighted by molar-refractivity contribution is -0.148. The number of amides is 3. The number of hydrogen-bond acceptors (Lipinski definition) is 4. The van der Waals surface area contributed by atoms with Crippen LogP contribution in [0.3, 0.4) is 0 Å². The summed E-state index contributed by atoms with van der Waals surface area (Å²) in [5.74, 6) is -0.598. The molecule has 0 saturated heterocycles. The highest BCUT2D eigenvalue weighted by Gasteiger charge is 2.42. The van der Waals surface area contributed by atoms with Gasteiger partial charge >= 0.3 is 6.09 Å². The minimum absolute atomic E-state index is 0.0446. The van der Waals surface area contributed by atoms with Crippen molar-refractivity contribution < 1.29 is 19.1 Å². The van der Waals surface area contributed by atoms with Crippen LogP contribution in [0, 0.1) is 12.8 Å². The third-order valence-electron chi connectivity index (χ3n) is 6.33. The van der Waals surface area contributed by atoms with Gasteiger partial charge in [-0.1, -0.05) is 63.4 Å². The van der Waals surface area contributed by atoms with Gasteiger partial charge in [0.1, 0.15) is 17.7 Å². The molecule has 0 bridgehead atoms. The first-order chi connectivity index (χ1) is 16.4. The van der Waals surface area contributed by atoms with Gasteiger partial charge in [-0.3, -0.25) is 9.59 Å². The number of carbonyl (C=O) groups excluding carboxylic acids is 3. The van der Waals surface area contributed by atoms with E-state index in [4.69, 9.17) is 4.74 Å². The summed E-state index contributed by atoms with van der Waals surface area (Å²) >= 11 is 0. The first kappa shape index (κ1) is 28.7. The third kappa shape index (κ3) is 8.55. The highest BCUT2D eigenvalue weighted by molar-refractivity contribution is 5.92. The molecule has 1 aromatic carbocycles. The van der Waals surface area contributed by atoms with E-state index in [2.05, 4.69) is 17.6 Å². The van der Waals surface area contributed by atoms with Crippen molar-refractivity contribution in [3.05, 3.63) is 35.4 Å². The first-order valence-electron chi connectivity index (χ1n) is 13.1. The summed E-state index contributed by atoms with van der Waals surface area (Å²) < 4.78 is 5.43. The van der Waals surface area contributed by atoms with Crippen molar-refractivity contribution >= 4 is 17.9 Å². The molecule has 1 saturated carbocycles. The molecule has 1 fully saturated rings. The monoisotopic (exact) mass is 487 g/mol. The van der Waals surface area contributed by atoms with Crippen LogP contribution < -0.4 is 10.6 Å². The summed E-state index contributed by atoms with van der Waals surface area (Å²) in [6.45, 7) is 13.8. The fraction of sp³-hybridized carbons (Fsp3) is 0.679. The van der Waals surface area contributed by atoms with Gasteiger partial charge in [-0.25, -0.2) is 4.79 Å². The summed E-state index contributed by atoms with van der Waals surface area (Å²) in [4.78, 5) is 41.9. The molecule has 1 aromatic rings. The van der Waals surface area contributed by atoms with E-state index in [0.717, 1.165) is 49.7 Å². The van der Waals surface area contributed by atoms with Crippen molar-refractivity contribution in [2.75, 3.05) is 6.54 Å². The van der Waals surface area contributed by atoms with Crippen LogP contribution in [0.5, 0.6) is 0 Å². The van der Waals surface area contributed by atoms with Gasteiger partial charge in [-0.05, 0) is 64.9 Å². The zero-order chi connectivity index (χ0) is 26.2. The number of nitrogens with zero attached hydrogens (tertiary/aromatic N) is 1. The van der Waals surface area contributed by atoms with E-state index < -0.39 is 23.8 Å². The van der Waals surface area contributed by atoms with Gasteiger partial charge < -0.3 is 20.3 Å². The molecule has 35 heavy (non-hydrogen) atoms. The number of carbonyl (C=O) groups is 3. The number of benzene rings is 1. The molecule has 1 aliphatic rings. The van der Waals surface area contributed by atoms with Gasteiger partial charge in [0, 0.05) is 12.6 Å². The number of nitrogens with one attached hydrogen (secondary N) is 2. The zero-order valence-electron chi connectivity index (χ0n) is 22.6. The molecule has 0 aromatic heterocycles. The predicted octanol–water partition coefficient (Wildman–Crippen LogP) is 5.27. The Morgan fingerprint density at radius 1 is 1.09 bits per heavy atom. The van der Waals surface area contributed by atoms with E-state index in [1.807, 2.05) is 45.0 Å². The van der Waals surface area contributed by atoms with E-state index in [1.54, 1.807) is 25.7 Å². The van der Waals surface area contributed by atoms with Crippen LogP contribution in [0.25, 0.3) is 0 Å². The third-order valence-corrected chi connectivity index (χ3v) is 6.33. The zero-order valence-corrected chi connectivity index (χ0v) is 22.6. The van der Waals surface area contributed by atoms with Crippen LogP contribution in [0.15, 0.2) is 24.3 Å². The lowest BCUT2D eigenvalue weighted by Crippen LogP contribution is -2.58. The lowest BCUT2D eigenvalue weighted by Gasteiger charge is -2.44. The number of unbranched alkanes of at least 4 members (excludes halogenated alkanes) is 2. The van der Waals surface area contributed by atoms with Gasteiger partial charge in [-0.15, -0.1) is 0 Å². The number of rotatable bonds is 11. The van der Waals surface area contributed by atoms with Crippen molar-refractivity contribution in [1.29, 1.82) is 0 Å². The van der Waals surface area contributed by atoms with Crippen molar-refractivity contribution in [1.82, 2.24) is 15.5 Å². The average molecular weight is 488 g/mol. The Labute approximate surface area is 211 Å². The van der Waals surface area contributed by atoms with Gasteiger partial charge in [0.05, 0.1) is 0 Å². The van der Waals surface area contributed by atoms with Gasteiger partial charge in [0.25, 0.3) is 0 Å². The standard InChI is InChI=1S/C28H45N3O4/c1-8-9-10-18-29-25(32)24(21-16-14-20(4)15-17-21)31(22-12-11-13-22)26(33)23(19(2)3)30-27(34)35-28(5,6)7/h14-17,19,22-24H,8-13,18H2,1-7H3,(H,29,32)(H,30,34). The molecule has 0 radical (unpaired) electrons. The van der Waals surface area contributed by atoms with E-state index in [0.29, 0.717) is 6.54 Å². The Hall–Kier alpha value is -2.57. The van der Waals surface area contributed by atoms with Crippen LogP contribution in [0.1, 0.15) is 97.2 Å². The number of hydrogen-bond donors (Lipinski definition) is 2. The van der Waals surface area contributed by atoms with Crippen molar-refractivity contribution in [3.8, 4) is 0 Å². The Balaban J connectivity index is 2.39. The minimum Gasteiger partial charge on any atom is -0.444 e. The van der Waals surface area contributed by atoms with Gasteiger partial charge in [-0.2, -0.15) is 0 Å². The maximum atomic E-state index is 14.1. The molecule has 2 N–H and O–H groups in total. The molecular formula is C28H45N3O4. The van der Waals surface area contributed by atoms with Crippen LogP contribution in [0.2, 0.25) is 0 Å². The van der Waals surface area contributed by atoms with E-state index in [1.165, 1.54) is 0 Å². The van der Waals surface area contributed by atoms with Gasteiger partial charge in [0.2, 0.25) is 11.8 Å². The summed E-state index contributed by atoms with van der Waals surface area (Å²) in [5, 5.41) is 5.85. The average Bonchev–Trinajstić information content (AvgIpc) is 2.72. The lowest BCUT2D eigenvalue weighted by atomic mass is 9.87. The SMILES string of the molecule is CCCCCNC(=O)C(c1ccc(C)cc1)N(C(=O)C(NC(=O)OC(C)(C)C)C(C)C)C1CCC1. The summed E-state index contributed by atoms with van der Waals surface area (Å²) in [5.41, 5.74) is 1.19. The van der Waals surface area contributed by atoms with Crippen LogP contribution in [-0.4, -0.2) is 47.0 Å². The molecule has 3 amide bonds. The normalized spacial score (nSPS) is 15.7. The van der Waals surface area contributed by atoms with Crippen LogP contribution in [-0.2, 0) is 14.3 Å². The largest absolute Gasteiger partial charge is 0.444 e. The molecule has 7 nitrogen and oxygen atoms in total. The number of alkyl carbamates (subject to hydrolysis) is 1. The predicted molar refractivity (Wildman–Crippen MR) is 139 cm³/mol. The second-order valence-corrected chi connectivity index (χ2v) is 11.0.